The van der Waals surface area contributed by atoms with Gasteiger partial charge in [-0.2, -0.15) is 0 Å². The first kappa shape index (κ1) is 24.3. The summed E-state index contributed by atoms with van der Waals surface area (Å²) in [6.07, 6.45) is 9.83. The molecular formula is C28H39N3O4. The SMILES string of the molecule is COC(=O)N1c2ccc3c(nc(CCC4CCOCC4)n3[C@@H]3CCC[C@@H](C(C)=O)C3)c2CC[C@@H]1C. The van der Waals surface area contributed by atoms with Crippen molar-refractivity contribution < 1.29 is 19.1 Å². The Kier molecular flexibility index (Phi) is 7.14. The number of carbonyl (C=O) groups is 2. The average Bonchev–Trinajstić information content (AvgIpc) is 3.26. The maximum absolute atomic E-state index is 12.6. The summed E-state index contributed by atoms with van der Waals surface area (Å²) < 4.78 is 13.1. The van der Waals surface area contributed by atoms with E-state index in [2.05, 4.69) is 23.6 Å². The van der Waals surface area contributed by atoms with Crippen LogP contribution in [0.25, 0.3) is 11.0 Å². The first-order valence-electron chi connectivity index (χ1n) is 13.5. The Morgan fingerprint density at radius 1 is 1.14 bits per heavy atom. The quantitative estimate of drug-likeness (QED) is 0.554. The number of fused-ring (bicyclic) bond motifs is 3. The molecule has 1 aromatic heterocycles. The molecule has 3 heterocycles. The van der Waals surface area contributed by atoms with Crippen molar-refractivity contribution in [2.24, 2.45) is 11.8 Å². The zero-order valence-electron chi connectivity index (χ0n) is 21.4. The van der Waals surface area contributed by atoms with Crippen molar-refractivity contribution in [3.05, 3.63) is 23.5 Å². The molecule has 1 aromatic carbocycles. The van der Waals surface area contributed by atoms with Crippen LogP contribution in [0.5, 0.6) is 0 Å². The third-order valence-corrected chi connectivity index (χ3v) is 8.60. The van der Waals surface area contributed by atoms with Crippen LogP contribution < -0.4 is 4.90 Å². The van der Waals surface area contributed by atoms with Gasteiger partial charge in [0.25, 0.3) is 0 Å². The van der Waals surface area contributed by atoms with Crippen molar-refractivity contribution in [2.45, 2.75) is 90.1 Å². The number of carbonyl (C=O) groups excluding carboxylic acids is 2. The van der Waals surface area contributed by atoms with Gasteiger partial charge in [0, 0.05) is 43.2 Å². The molecule has 2 aromatic rings. The number of hydrogen-bond donors (Lipinski definition) is 0. The van der Waals surface area contributed by atoms with E-state index in [0.29, 0.717) is 17.7 Å². The molecule has 7 heteroatoms. The summed E-state index contributed by atoms with van der Waals surface area (Å²) in [5.74, 6) is 2.26. The molecule has 190 valence electrons. The summed E-state index contributed by atoms with van der Waals surface area (Å²) in [7, 11) is 1.44. The van der Waals surface area contributed by atoms with Crippen molar-refractivity contribution in [3.63, 3.8) is 0 Å². The summed E-state index contributed by atoms with van der Waals surface area (Å²) in [5, 5.41) is 0. The minimum atomic E-state index is -0.312. The van der Waals surface area contributed by atoms with Crippen LogP contribution in [0.15, 0.2) is 12.1 Å². The van der Waals surface area contributed by atoms with E-state index < -0.39 is 0 Å². The third kappa shape index (κ3) is 4.72. The molecule has 2 fully saturated rings. The van der Waals surface area contributed by atoms with Crippen LogP contribution in [0.1, 0.15) is 82.6 Å². The number of imidazole rings is 1. The van der Waals surface area contributed by atoms with Crippen LogP contribution in [0, 0.1) is 11.8 Å². The monoisotopic (exact) mass is 481 g/mol. The Bertz CT molecular complexity index is 1090. The molecule has 0 bridgehead atoms. The topological polar surface area (TPSA) is 73.7 Å². The fourth-order valence-corrected chi connectivity index (χ4v) is 6.54. The lowest BCUT2D eigenvalue weighted by molar-refractivity contribution is -0.122. The number of amides is 1. The number of anilines is 1. The molecular weight excluding hydrogens is 442 g/mol. The summed E-state index contributed by atoms with van der Waals surface area (Å²) in [6, 6.07) is 4.61. The maximum Gasteiger partial charge on any atom is 0.414 e. The lowest BCUT2D eigenvalue weighted by Gasteiger charge is -2.34. The smallest absolute Gasteiger partial charge is 0.414 e. The first-order valence-corrected chi connectivity index (χ1v) is 13.5. The molecule has 7 nitrogen and oxygen atoms in total. The van der Waals surface area contributed by atoms with Crippen LogP contribution in [-0.4, -0.2) is 47.8 Å². The van der Waals surface area contributed by atoms with Gasteiger partial charge in [0.2, 0.25) is 0 Å². The van der Waals surface area contributed by atoms with E-state index in [9.17, 15) is 9.59 Å². The van der Waals surface area contributed by atoms with E-state index in [-0.39, 0.29) is 18.1 Å². The van der Waals surface area contributed by atoms with Crippen LogP contribution in [0.3, 0.4) is 0 Å². The average molecular weight is 482 g/mol. The van der Waals surface area contributed by atoms with Gasteiger partial charge in [-0.1, -0.05) is 6.42 Å². The van der Waals surface area contributed by atoms with Gasteiger partial charge in [-0.3, -0.25) is 9.69 Å². The van der Waals surface area contributed by atoms with Crippen molar-refractivity contribution >= 4 is 28.6 Å². The van der Waals surface area contributed by atoms with Gasteiger partial charge in [-0.15, -0.1) is 0 Å². The fourth-order valence-electron chi connectivity index (χ4n) is 6.54. The molecule has 0 N–H and O–H groups in total. The molecule has 35 heavy (non-hydrogen) atoms. The van der Waals surface area contributed by atoms with Gasteiger partial charge in [-0.25, -0.2) is 9.78 Å². The number of aryl methyl sites for hydroxylation is 2. The summed E-state index contributed by atoms with van der Waals surface area (Å²) >= 11 is 0. The predicted molar refractivity (Wildman–Crippen MR) is 136 cm³/mol. The lowest BCUT2D eigenvalue weighted by Crippen LogP contribution is -2.42. The second kappa shape index (κ2) is 10.3. The van der Waals surface area contributed by atoms with E-state index >= 15 is 0 Å². The van der Waals surface area contributed by atoms with E-state index in [0.717, 1.165) is 106 Å². The maximum atomic E-state index is 12.6. The Balaban J connectivity index is 1.56. The zero-order valence-corrected chi connectivity index (χ0v) is 21.4. The van der Waals surface area contributed by atoms with Crippen molar-refractivity contribution in [1.29, 1.82) is 0 Å². The highest BCUT2D eigenvalue weighted by Crippen LogP contribution is 2.41. The first-order chi connectivity index (χ1) is 17.0. The summed E-state index contributed by atoms with van der Waals surface area (Å²) in [6.45, 7) is 5.54. The van der Waals surface area contributed by atoms with Crippen molar-refractivity contribution in [3.8, 4) is 0 Å². The number of ether oxygens (including phenoxy) is 2. The van der Waals surface area contributed by atoms with Gasteiger partial charge in [0.1, 0.15) is 11.6 Å². The molecule has 1 amide bonds. The summed E-state index contributed by atoms with van der Waals surface area (Å²) in [4.78, 5) is 31.9. The van der Waals surface area contributed by atoms with Gasteiger partial charge in [0.05, 0.1) is 23.8 Å². The number of nitrogens with zero attached hydrogens (tertiary/aromatic N) is 3. The lowest BCUT2D eigenvalue weighted by atomic mass is 9.83. The van der Waals surface area contributed by atoms with E-state index in [1.807, 2.05) is 0 Å². The van der Waals surface area contributed by atoms with Crippen molar-refractivity contribution in [1.82, 2.24) is 9.55 Å². The molecule has 0 radical (unpaired) electrons. The highest BCUT2D eigenvalue weighted by atomic mass is 16.5. The highest BCUT2D eigenvalue weighted by Gasteiger charge is 2.33. The van der Waals surface area contributed by atoms with Crippen LogP contribution in [0.4, 0.5) is 10.5 Å². The largest absolute Gasteiger partial charge is 0.452 e. The Hall–Kier alpha value is -2.41. The Morgan fingerprint density at radius 3 is 2.69 bits per heavy atom. The second-order valence-corrected chi connectivity index (χ2v) is 10.8. The van der Waals surface area contributed by atoms with Gasteiger partial charge < -0.3 is 14.0 Å². The van der Waals surface area contributed by atoms with Crippen LogP contribution >= 0.6 is 0 Å². The molecule has 1 aliphatic carbocycles. The van der Waals surface area contributed by atoms with E-state index in [4.69, 9.17) is 14.5 Å². The molecule has 0 unspecified atom stereocenters. The van der Waals surface area contributed by atoms with Gasteiger partial charge >= 0.3 is 6.09 Å². The molecule has 3 atom stereocenters. The minimum absolute atomic E-state index is 0.0946. The molecule has 1 saturated heterocycles. The third-order valence-electron chi connectivity index (χ3n) is 8.60. The number of hydrogen-bond acceptors (Lipinski definition) is 5. The highest BCUT2D eigenvalue weighted by molar-refractivity contribution is 5.95. The zero-order chi connectivity index (χ0) is 24.5. The second-order valence-electron chi connectivity index (χ2n) is 10.8. The van der Waals surface area contributed by atoms with Gasteiger partial charge in [0.15, 0.2) is 0 Å². The molecule has 0 spiro atoms. The number of Topliss-reactive ketones (excluding diaryl/α,β-unsaturated/α-hetero) is 1. The van der Waals surface area contributed by atoms with Gasteiger partial charge in [-0.05, 0) is 83.3 Å². The predicted octanol–water partition coefficient (Wildman–Crippen LogP) is 5.62. The number of benzene rings is 1. The van der Waals surface area contributed by atoms with E-state index in [1.165, 1.54) is 7.11 Å². The minimum Gasteiger partial charge on any atom is -0.452 e. The number of methoxy groups -OCH3 is 1. The molecule has 1 saturated carbocycles. The Morgan fingerprint density at radius 2 is 1.94 bits per heavy atom. The van der Waals surface area contributed by atoms with Crippen LogP contribution in [0.2, 0.25) is 0 Å². The Labute approximate surface area is 208 Å². The van der Waals surface area contributed by atoms with Crippen molar-refractivity contribution in [2.75, 3.05) is 25.2 Å². The number of ketones is 1. The number of aromatic nitrogens is 2. The standard InChI is InChI=1S/C28H39N3O4/c1-18-7-9-23-24(30(18)28(33)34-3)10-11-25-27(23)29-26(12-8-20-13-15-35-16-14-20)31(25)22-6-4-5-21(17-22)19(2)32/h10-11,18,20-22H,4-9,12-17H2,1-3H3/t18-,21+,22+/m0/s1. The van der Waals surface area contributed by atoms with Crippen LogP contribution in [-0.2, 0) is 27.1 Å². The molecule has 2 aliphatic heterocycles. The summed E-state index contributed by atoms with van der Waals surface area (Å²) in [5.41, 5.74) is 4.25. The van der Waals surface area contributed by atoms with E-state index in [1.54, 1.807) is 11.8 Å². The molecule has 3 aliphatic rings. The normalized spacial score (nSPS) is 25.5. The fraction of sp³-hybridized carbons (Fsp3) is 0.679. The number of rotatable bonds is 5. The molecule has 5 rings (SSSR count).